The number of carbonyl (C=O) groups is 9. The molecule has 0 radical (unpaired) electrons. The number of carboxylic acids is 1. The zero-order valence-electron chi connectivity index (χ0n) is 38.3. The summed E-state index contributed by atoms with van der Waals surface area (Å²) in [6.07, 6.45) is -20.3. The van der Waals surface area contributed by atoms with E-state index < -0.39 is 141 Å². The van der Waals surface area contributed by atoms with Crippen LogP contribution in [0.15, 0.2) is 48.5 Å². The number of fused-ring (bicyclic) bond motifs is 3. The fourth-order valence-electron chi connectivity index (χ4n) is 8.02. The minimum atomic E-state index is -1.94. The Balaban J connectivity index is 1.46. The van der Waals surface area contributed by atoms with Gasteiger partial charge in [-0.1, -0.05) is 48.5 Å². The fraction of sp³-hybridized carbons (Fsp3) is 0.533. The van der Waals surface area contributed by atoms with Crippen molar-refractivity contribution in [3.63, 3.8) is 0 Å². The van der Waals surface area contributed by atoms with Crippen LogP contribution in [0.3, 0.4) is 0 Å². The number of carbonyl (C=O) groups excluding carboxylic acids is 8. The summed E-state index contributed by atoms with van der Waals surface area (Å²) in [5.74, 6) is -8.49. The number of nitrogens with one attached hydrogen (secondary N) is 1. The molecule has 68 heavy (non-hydrogen) atoms. The summed E-state index contributed by atoms with van der Waals surface area (Å²) < 4.78 is 68.3. The molecule has 0 bridgehead atoms. The van der Waals surface area contributed by atoms with Gasteiger partial charge in [0.1, 0.15) is 38.1 Å². The molecule has 2 saturated heterocycles. The van der Waals surface area contributed by atoms with Gasteiger partial charge in [-0.15, -0.1) is 0 Å². The Kier molecular flexibility index (Phi) is 18.0. The highest BCUT2D eigenvalue weighted by atomic mass is 16.8. The van der Waals surface area contributed by atoms with Crippen molar-refractivity contribution in [2.24, 2.45) is 0 Å². The van der Waals surface area contributed by atoms with Crippen molar-refractivity contribution < 1.29 is 105 Å². The average molecular weight is 960 g/mol. The van der Waals surface area contributed by atoms with Gasteiger partial charge in [-0.3, -0.25) is 33.6 Å². The van der Waals surface area contributed by atoms with E-state index in [-0.39, 0.29) is 12.5 Å². The second-order valence-electron chi connectivity index (χ2n) is 15.8. The Bertz CT molecular complexity index is 2170. The first-order chi connectivity index (χ1) is 32.1. The first-order valence-electron chi connectivity index (χ1n) is 21.2. The van der Waals surface area contributed by atoms with E-state index in [9.17, 15) is 48.3 Å². The lowest BCUT2D eigenvalue weighted by Gasteiger charge is -2.49. The van der Waals surface area contributed by atoms with Gasteiger partial charge in [0.25, 0.3) is 0 Å². The number of alkyl carbamates (subject to hydrolysis) is 1. The van der Waals surface area contributed by atoms with Gasteiger partial charge in [0.15, 0.2) is 49.1 Å². The topological polar surface area (TPSA) is 297 Å². The van der Waals surface area contributed by atoms with Gasteiger partial charge < -0.3 is 67.3 Å². The highest BCUT2D eigenvalue weighted by molar-refractivity contribution is 5.81. The zero-order chi connectivity index (χ0) is 50.0. The maximum atomic E-state index is 13.3. The van der Waals surface area contributed by atoms with Crippen LogP contribution in [0.5, 0.6) is 0 Å². The lowest BCUT2D eigenvalue weighted by molar-refractivity contribution is -0.364. The molecule has 0 saturated carbocycles. The Morgan fingerprint density at radius 3 is 1.41 bits per heavy atom. The van der Waals surface area contributed by atoms with Crippen molar-refractivity contribution in [3.8, 4) is 11.1 Å². The molecule has 0 aromatic heterocycles. The Labute approximate surface area is 389 Å². The number of amides is 1. The van der Waals surface area contributed by atoms with Crippen LogP contribution in [0.1, 0.15) is 72.4 Å². The number of hydrogen-bond acceptors (Lipinski definition) is 21. The van der Waals surface area contributed by atoms with E-state index in [0.717, 1.165) is 70.7 Å². The lowest BCUT2D eigenvalue weighted by atomic mass is 9.96. The van der Waals surface area contributed by atoms with Gasteiger partial charge in [0.05, 0.1) is 6.10 Å². The van der Waals surface area contributed by atoms with E-state index in [1.54, 1.807) is 0 Å². The van der Waals surface area contributed by atoms with Crippen LogP contribution >= 0.6 is 0 Å². The molecular formula is C45H53NO22. The third kappa shape index (κ3) is 13.5. The molecule has 12 atom stereocenters. The third-order valence-corrected chi connectivity index (χ3v) is 10.6. The maximum Gasteiger partial charge on any atom is 0.407 e. The summed E-state index contributed by atoms with van der Waals surface area (Å²) in [6, 6.07) is 13.3. The molecule has 2 aliphatic heterocycles. The van der Waals surface area contributed by atoms with Gasteiger partial charge in [-0.05, 0) is 29.2 Å². The second kappa shape index (κ2) is 23.4. The smallest absolute Gasteiger partial charge is 0.407 e. The van der Waals surface area contributed by atoms with E-state index in [1.807, 2.05) is 48.5 Å². The van der Waals surface area contributed by atoms with Gasteiger partial charge >= 0.3 is 53.8 Å². The molecule has 23 nitrogen and oxygen atoms in total. The van der Waals surface area contributed by atoms with Crippen molar-refractivity contribution in [1.29, 1.82) is 0 Å². The van der Waals surface area contributed by atoms with E-state index >= 15 is 0 Å². The largest absolute Gasteiger partial charge is 0.480 e. The molecule has 3 aliphatic rings. The van der Waals surface area contributed by atoms with E-state index in [4.69, 9.17) is 56.8 Å². The highest BCUT2D eigenvalue weighted by Gasteiger charge is 2.58. The standard InChI is InChI=1S/C45H53NO22/c1-20(35(42(54)55)46-45(56)59-17-32-30-15-11-9-13-28(30)29-14-10-12-16-31(29)32)60-43-40(64-26(7)52)39(63-25(6)51)37(34(66-43)19-58-22(3)48)68-44-41(65-27(8)53)38(62-24(5)50)36(61-23(4)49)33(67-44)18-57-21(2)47/h9-16,20,32-41,43-44H,17-19H2,1-8H3,(H,46,56)(H,54,55)/t20-,33-,34-,35+,36-,37-,38+,39+,40-,41-,43-,44+/m1/s1. The normalized spacial score (nSPS) is 25.9. The average Bonchev–Trinajstić information content (AvgIpc) is 3.57. The number of carboxylic acid groups (broad SMARTS) is 1. The number of aliphatic carboxylic acids is 1. The van der Waals surface area contributed by atoms with Crippen molar-refractivity contribution in [1.82, 2.24) is 5.32 Å². The minimum Gasteiger partial charge on any atom is -0.480 e. The number of benzene rings is 2. The Morgan fingerprint density at radius 2 is 0.941 bits per heavy atom. The number of hydrogen-bond donors (Lipinski definition) is 2. The van der Waals surface area contributed by atoms with Crippen LogP contribution in [0, 0.1) is 0 Å². The SMILES string of the molecule is CC(=O)OC[C@H]1O[C@@H](O[C@H]2[C@H](OC(C)=O)[C@@H](OC(C)=O)[C@H](O[C@H](C)[C@H](NC(=O)OCC3c4ccccc4-c4ccccc43)C(=O)O)O[C@@H]2COC(C)=O)[C@H](OC(C)=O)[C@@H](OC(C)=O)[C@@H]1OC(C)=O. The molecule has 0 spiro atoms. The molecular weight excluding hydrogens is 906 g/mol. The van der Waals surface area contributed by atoms with E-state index in [2.05, 4.69) is 5.32 Å². The minimum absolute atomic E-state index is 0.162. The summed E-state index contributed by atoms with van der Waals surface area (Å²) in [6.45, 7) is 6.75. The number of rotatable bonds is 18. The summed E-state index contributed by atoms with van der Waals surface area (Å²) in [5.41, 5.74) is 3.73. The predicted molar refractivity (Wildman–Crippen MR) is 223 cm³/mol. The Morgan fingerprint density at radius 1 is 0.529 bits per heavy atom. The first-order valence-corrected chi connectivity index (χ1v) is 21.2. The van der Waals surface area contributed by atoms with Gasteiger partial charge in [-0.25, -0.2) is 9.59 Å². The molecule has 2 N–H and O–H groups in total. The number of ether oxygens (including phenoxy) is 12. The van der Waals surface area contributed by atoms with Crippen LogP contribution in [-0.4, -0.2) is 152 Å². The molecule has 23 heteroatoms. The summed E-state index contributed by atoms with van der Waals surface area (Å²) >= 11 is 0. The van der Waals surface area contributed by atoms with Crippen LogP contribution in [0.4, 0.5) is 4.79 Å². The maximum absolute atomic E-state index is 13.3. The van der Waals surface area contributed by atoms with Crippen molar-refractivity contribution in [2.75, 3.05) is 19.8 Å². The number of esters is 7. The molecule has 0 unspecified atom stereocenters. The van der Waals surface area contributed by atoms with Crippen molar-refractivity contribution in [3.05, 3.63) is 59.7 Å². The van der Waals surface area contributed by atoms with Crippen LogP contribution in [-0.2, 0) is 95.2 Å². The molecule has 5 rings (SSSR count). The van der Waals surface area contributed by atoms with Crippen molar-refractivity contribution in [2.45, 2.75) is 135 Å². The van der Waals surface area contributed by atoms with Crippen LogP contribution in [0.2, 0.25) is 0 Å². The zero-order valence-corrected chi connectivity index (χ0v) is 38.3. The first kappa shape index (κ1) is 52.3. The second-order valence-corrected chi connectivity index (χ2v) is 15.8. The quantitative estimate of drug-likeness (QED) is 0.159. The lowest BCUT2D eigenvalue weighted by Crippen LogP contribution is -2.67. The molecule has 2 aromatic carbocycles. The van der Waals surface area contributed by atoms with E-state index in [0.29, 0.717) is 0 Å². The molecule has 2 aromatic rings. The monoisotopic (exact) mass is 959 g/mol. The summed E-state index contributed by atoms with van der Waals surface area (Å²) in [4.78, 5) is 113. The van der Waals surface area contributed by atoms with E-state index in [1.165, 1.54) is 6.92 Å². The van der Waals surface area contributed by atoms with Crippen LogP contribution < -0.4 is 5.32 Å². The van der Waals surface area contributed by atoms with Crippen LogP contribution in [0.25, 0.3) is 11.1 Å². The Hall–Kier alpha value is -6.69. The molecule has 2 heterocycles. The molecule has 1 amide bonds. The third-order valence-electron chi connectivity index (χ3n) is 10.6. The van der Waals surface area contributed by atoms with Crippen molar-refractivity contribution >= 4 is 53.8 Å². The molecule has 1 aliphatic carbocycles. The predicted octanol–water partition coefficient (Wildman–Crippen LogP) is 2.00. The fourth-order valence-corrected chi connectivity index (χ4v) is 8.02. The molecule has 2 fully saturated rings. The summed E-state index contributed by atoms with van der Waals surface area (Å²) in [5, 5.41) is 12.6. The summed E-state index contributed by atoms with van der Waals surface area (Å²) in [7, 11) is 0. The van der Waals surface area contributed by atoms with Gasteiger partial charge in [0.2, 0.25) is 0 Å². The highest BCUT2D eigenvalue weighted by Crippen LogP contribution is 2.44. The van der Waals surface area contributed by atoms with Gasteiger partial charge in [0, 0.05) is 54.4 Å². The molecule has 370 valence electrons. The van der Waals surface area contributed by atoms with Gasteiger partial charge in [-0.2, -0.15) is 0 Å².